The molecule has 5 nitrogen and oxygen atoms in total. The molecule has 3 saturated heterocycles. The van der Waals surface area contributed by atoms with E-state index in [2.05, 4.69) is 10.6 Å². The van der Waals surface area contributed by atoms with Gasteiger partial charge >= 0.3 is 0 Å². The van der Waals surface area contributed by atoms with Crippen LogP contribution < -0.4 is 10.6 Å². The van der Waals surface area contributed by atoms with Crippen molar-refractivity contribution in [2.24, 2.45) is 0 Å². The van der Waals surface area contributed by atoms with Gasteiger partial charge in [0, 0.05) is 6.54 Å². The molecule has 4 atom stereocenters. The summed E-state index contributed by atoms with van der Waals surface area (Å²) in [5, 5.41) is 6.23. The largest absolute Gasteiger partial charge is 0.378 e. The molecule has 0 radical (unpaired) electrons. The Labute approximate surface area is 94.9 Å². The third-order valence-electron chi connectivity index (χ3n) is 3.67. The van der Waals surface area contributed by atoms with Gasteiger partial charge in [0.05, 0.1) is 31.5 Å². The maximum absolute atomic E-state index is 11.9. The summed E-state index contributed by atoms with van der Waals surface area (Å²) < 4.78 is 11.0. The lowest BCUT2D eigenvalue weighted by atomic mass is 9.95. The molecule has 3 aliphatic rings. The number of carbonyl (C=O) groups excluding carboxylic acids is 1. The maximum atomic E-state index is 11.9. The lowest BCUT2D eigenvalue weighted by molar-refractivity contribution is -0.127. The quantitative estimate of drug-likeness (QED) is 0.661. The number of amides is 1. The number of hydrogen-bond donors (Lipinski definition) is 2. The normalized spacial score (nSPS) is 42.2. The van der Waals surface area contributed by atoms with Crippen LogP contribution in [0.4, 0.5) is 0 Å². The Morgan fingerprint density at radius 1 is 1.38 bits per heavy atom. The highest BCUT2D eigenvalue weighted by molar-refractivity contribution is 5.82. The van der Waals surface area contributed by atoms with Crippen molar-refractivity contribution in [3.05, 3.63) is 0 Å². The van der Waals surface area contributed by atoms with E-state index in [4.69, 9.17) is 9.47 Å². The Bertz CT molecular complexity index is 278. The van der Waals surface area contributed by atoms with Crippen LogP contribution in [0.15, 0.2) is 0 Å². The zero-order chi connectivity index (χ0) is 11.0. The molecule has 1 amide bonds. The third-order valence-corrected chi connectivity index (χ3v) is 3.67. The standard InChI is InChI=1S/C11H18N2O3/c14-11(9-6-15-4-3-12-9)13-8-5-7-1-2-10(8)16-7/h7-10,12H,1-6H2,(H,13,14). The Kier molecular flexibility index (Phi) is 2.83. The van der Waals surface area contributed by atoms with Gasteiger partial charge in [-0.15, -0.1) is 0 Å². The fraction of sp³-hybridized carbons (Fsp3) is 0.909. The first kappa shape index (κ1) is 10.5. The molecule has 5 heteroatoms. The van der Waals surface area contributed by atoms with Crippen LogP contribution in [0.3, 0.4) is 0 Å². The van der Waals surface area contributed by atoms with Crippen LogP contribution in [-0.2, 0) is 14.3 Å². The third kappa shape index (κ3) is 1.95. The van der Waals surface area contributed by atoms with E-state index in [1.54, 1.807) is 0 Å². The van der Waals surface area contributed by atoms with E-state index < -0.39 is 0 Å². The van der Waals surface area contributed by atoms with Crippen molar-refractivity contribution < 1.29 is 14.3 Å². The predicted molar refractivity (Wildman–Crippen MR) is 57.1 cm³/mol. The average molecular weight is 226 g/mol. The number of morpholine rings is 1. The van der Waals surface area contributed by atoms with Crippen LogP contribution >= 0.6 is 0 Å². The van der Waals surface area contributed by atoms with E-state index >= 15 is 0 Å². The van der Waals surface area contributed by atoms with Crippen LogP contribution in [0.1, 0.15) is 19.3 Å². The smallest absolute Gasteiger partial charge is 0.239 e. The minimum atomic E-state index is -0.187. The van der Waals surface area contributed by atoms with Crippen molar-refractivity contribution in [1.82, 2.24) is 10.6 Å². The van der Waals surface area contributed by atoms with Gasteiger partial charge < -0.3 is 20.1 Å². The molecule has 0 spiro atoms. The first-order valence-corrected chi connectivity index (χ1v) is 6.10. The maximum Gasteiger partial charge on any atom is 0.239 e. The van der Waals surface area contributed by atoms with Gasteiger partial charge in [0.2, 0.25) is 5.91 Å². The summed E-state index contributed by atoms with van der Waals surface area (Å²) in [5.41, 5.74) is 0. The molecule has 0 aromatic carbocycles. The minimum absolute atomic E-state index is 0.0563. The second-order valence-corrected chi connectivity index (χ2v) is 4.81. The lowest BCUT2D eigenvalue weighted by Crippen LogP contribution is -2.54. The number of fused-ring (bicyclic) bond motifs is 2. The van der Waals surface area contributed by atoms with Crippen LogP contribution in [0.25, 0.3) is 0 Å². The Morgan fingerprint density at radius 2 is 2.31 bits per heavy atom. The van der Waals surface area contributed by atoms with Crippen LogP contribution in [0.2, 0.25) is 0 Å². The average Bonchev–Trinajstić information content (AvgIpc) is 2.92. The molecule has 4 unspecified atom stereocenters. The zero-order valence-corrected chi connectivity index (χ0v) is 9.28. The van der Waals surface area contributed by atoms with Crippen molar-refractivity contribution in [1.29, 1.82) is 0 Å². The summed E-state index contributed by atoms with van der Waals surface area (Å²) in [5.74, 6) is 0.0563. The van der Waals surface area contributed by atoms with E-state index in [0.29, 0.717) is 19.3 Å². The molecular weight excluding hydrogens is 208 g/mol. The van der Waals surface area contributed by atoms with Gasteiger partial charge in [0.1, 0.15) is 6.04 Å². The molecule has 0 aliphatic carbocycles. The van der Waals surface area contributed by atoms with Crippen molar-refractivity contribution in [2.45, 2.75) is 43.6 Å². The second kappa shape index (κ2) is 4.31. The Hall–Kier alpha value is -0.650. The summed E-state index contributed by atoms with van der Waals surface area (Å²) in [6.07, 6.45) is 3.85. The van der Waals surface area contributed by atoms with Gasteiger partial charge in [-0.05, 0) is 19.3 Å². The molecule has 3 aliphatic heterocycles. The highest BCUT2D eigenvalue weighted by atomic mass is 16.5. The van der Waals surface area contributed by atoms with Crippen LogP contribution in [0.5, 0.6) is 0 Å². The monoisotopic (exact) mass is 226 g/mol. The minimum Gasteiger partial charge on any atom is -0.378 e. The molecule has 0 saturated carbocycles. The number of nitrogens with one attached hydrogen (secondary N) is 2. The van der Waals surface area contributed by atoms with Gasteiger partial charge in [-0.1, -0.05) is 0 Å². The molecule has 0 aromatic heterocycles. The number of carbonyl (C=O) groups is 1. The molecule has 3 heterocycles. The fourth-order valence-corrected chi connectivity index (χ4v) is 2.81. The molecule has 90 valence electrons. The topological polar surface area (TPSA) is 59.6 Å². The van der Waals surface area contributed by atoms with E-state index in [-0.39, 0.29) is 24.1 Å². The zero-order valence-electron chi connectivity index (χ0n) is 9.28. The van der Waals surface area contributed by atoms with Crippen molar-refractivity contribution in [3.63, 3.8) is 0 Å². The second-order valence-electron chi connectivity index (χ2n) is 4.81. The van der Waals surface area contributed by atoms with E-state index in [9.17, 15) is 4.79 Å². The highest BCUT2D eigenvalue weighted by Crippen LogP contribution is 2.34. The first-order chi connectivity index (χ1) is 7.83. The van der Waals surface area contributed by atoms with Crippen LogP contribution in [-0.4, -0.2) is 50.0 Å². The van der Waals surface area contributed by atoms with Gasteiger partial charge in [-0.3, -0.25) is 4.79 Å². The van der Waals surface area contributed by atoms with E-state index in [1.165, 1.54) is 0 Å². The number of rotatable bonds is 2. The summed E-state index contributed by atoms with van der Waals surface area (Å²) in [7, 11) is 0. The number of hydrogen-bond acceptors (Lipinski definition) is 4. The van der Waals surface area contributed by atoms with Crippen molar-refractivity contribution >= 4 is 5.91 Å². The molecule has 16 heavy (non-hydrogen) atoms. The summed E-state index contributed by atoms with van der Waals surface area (Å²) in [6.45, 7) is 1.93. The SMILES string of the molecule is O=C(NC1CC2CCC1O2)C1COCCN1. The van der Waals surface area contributed by atoms with Crippen LogP contribution in [0, 0.1) is 0 Å². The highest BCUT2D eigenvalue weighted by Gasteiger charge is 2.42. The molecule has 2 N–H and O–H groups in total. The summed E-state index contributed by atoms with van der Waals surface area (Å²) >= 11 is 0. The van der Waals surface area contributed by atoms with E-state index in [0.717, 1.165) is 25.8 Å². The van der Waals surface area contributed by atoms with Gasteiger partial charge in [0.15, 0.2) is 0 Å². The summed E-state index contributed by atoms with van der Waals surface area (Å²) in [6, 6.07) is 0.0304. The van der Waals surface area contributed by atoms with Gasteiger partial charge in [-0.2, -0.15) is 0 Å². The molecule has 2 bridgehead atoms. The Morgan fingerprint density at radius 3 is 2.94 bits per heavy atom. The summed E-state index contributed by atoms with van der Waals surface area (Å²) in [4.78, 5) is 11.9. The Balaban J connectivity index is 1.52. The lowest BCUT2D eigenvalue weighted by Gasteiger charge is -2.26. The number of ether oxygens (including phenoxy) is 2. The predicted octanol–water partition coefficient (Wildman–Crippen LogP) is -0.589. The first-order valence-electron chi connectivity index (χ1n) is 6.10. The van der Waals surface area contributed by atoms with Crippen molar-refractivity contribution in [3.8, 4) is 0 Å². The van der Waals surface area contributed by atoms with Crippen molar-refractivity contribution in [2.75, 3.05) is 19.8 Å². The van der Waals surface area contributed by atoms with Gasteiger partial charge in [-0.25, -0.2) is 0 Å². The van der Waals surface area contributed by atoms with Gasteiger partial charge in [0.25, 0.3) is 0 Å². The molecule has 3 rings (SSSR count). The van der Waals surface area contributed by atoms with E-state index in [1.807, 2.05) is 0 Å². The fourth-order valence-electron chi connectivity index (χ4n) is 2.81. The molecule has 0 aromatic rings. The molecule has 3 fully saturated rings. The molecular formula is C11H18N2O3.